The van der Waals surface area contributed by atoms with Crippen LogP contribution in [0, 0.1) is 17.8 Å². The molecule has 0 bridgehead atoms. The zero-order chi connectivity index (χ0) is 10.3. The Kier molecular flexibility index (Phi) is 2.22. The number of fused-ring (bicyclic) bond motifs is 1. The van der Waals surface area contributed by atoms with Crippen molar-refractivity contribution in [3.63, 3.8) is 0 Å². The molecule has 3 rings (SSSR count). The van der Waals surface area contributed by atoms with Gasteiger partial charge in [-0.25, -0.2) is 0 Å². The molecule has 3 N–H and O–H groups in total. The van der Waals surface area contributed by atoms with Crippen LogP contribution in [0.25, 0.3) is 0 Å². The first kappa shape index (κ1) is 9.31. The van der Waals surface area contributed by atoms with Gasteiger partial charge in [-0.15, -0.1) is 0 Å². The first-order valence-corrected chi connectivity index (χ1v) is 5.78. The summed E-state index contributed by atoms with van der Waals surface area (Å²) >= 11 is 0. The first-order valence-electron chi connectivity index (χ1n) is 5.78. The van der Waals surface area contributed by atoms with Crippen molar-refractivity contribution in [1.29, 1.82) is 0 Å². The molecule has 2 saturated carbocycles. The number of aromatic nitrogens is 1. The van der Waals surface area contributed by atoms with E-state index in [0.717, 1.165) is 17.8 Å². The zero-order valence-electron chi connectivity index (χ0n) is 8.76. The van der Waals surface area contributed by atoms with E-state index in [2.05, 4.69) is 16.5 Å². The number of hydrazine groups is 1. The molecule has 1 aromatic rings. The second-order valence-electron chi connectivity index (χ2n) is 4.77. The molecule has 0 aromatic carbocycles. The van der Waals surface area contributed by atoms with Crippen LogP contribution in [-0.4, -0.2) is 4.98 Å². The molecule has 2 aliphatic rings. The highest BCUT2D eigenvalue weighted by atomic mass is 15.2. The molecule has 0 saturated heterocycles. The Hall–Kier alpha value is -0.930. The molecule has 15 heavy (non-hydrogen) atoms. The van der Waals surface area contributed by atoms with Gasteiger partial charge in [0.1, 0.15) is 0 Å². The van der Waals surface area contributed by atoms with E-state index in [1.807, 2.05) is 18.5 Å². The summed E-state index contributed by atoms with van der Waals surface area (Å²) in [5.41, 5.74) is 4.20. The Bertz CT molecular complexity index is 328. The lowest BCUT2D eigenvalue weighted by molar-refractivity contribution is 0.424. The largest absolute Gasteiger partial charge is 0.271 e. The van der Waals surface area contributed by atoms with Crippen molar-refractivity contribution in [1.82, 2.24) is 10.4 Å². The maximum absolute atomic E-state index is 5.67. The molecule has 3 unspecified atom stereocenters. The summed E-state index contributed by atoms with van der Waals surface area (Å²) in [7, 11) is 0. The second kappa shape index (κ2) is 3.58. The number of nitrogens with two attached hydrogens (primary N) is 1. The van der Waals surface area contributed by atoms with Gasteiger partial charge < -0.3 is 0 Å². The minimum absolute atomic E-state index is 0.314. The van der Waals surface area contributed by atoms with Gasteiger partial charge in [0.25, 0.3) is 0 Å². The fourth-order valence-corrected chi connectivity index (χ4v) is 3.36. The smallest absolute Gasteiger partial charge is 0.0508 e. The molecular formula is C12H17N3. The Morgan fingerprint density at radius 1 is 1.40 bits per heavy atom. The Balaban J connectivity index is 1.78. The predicted octanol–water partition coefficient (Wildman–Crippen LogP) is 1.63. The van der Waals surface area contributed by atoms with Gasteiger partial charge in [0.15, 0.2) is 0 Å². The quantitative estimate of drug-likeness (QED) is 0.580. The SMILES string of the molecule is NNC(c1cccnc1)C1C2CCCC21. The van der Waals surface area contributed by atoms with Gasteiger partial charge in [0.2, 0.25) is 0 Å². The summed E-state index contributed by atoms with van der Waals surface area (Å²) in [5, 5.41) is 0. The minimum atomic E-state index is 0.314. The summed E-state index contributed by atoms with van der Waals surface area (Å²) in [6.45, 7) is 0. The van der Waals surface area contributed by atoms with E-state index in [4.69, 9.17) is 5.84 Å². The third-order valence-corrected chi connectivity index (χ3v) is 4.08. The normalized spacial score (nSPS) is 34.9. The predicted molar refractivity (Wildman–Crippen MR) is 58.6 cm³/mol. The van der Waals surface area contributed by atoms with Crippen LogP contribution in [0.5, 0.6) is 0 Å². The van der Waals surface area contributed by atoms with Gasteiger partial charge in [-0.3, -0.25) is 16.3 Å². The van der Waals surface area contributed by atoms with E-state index in [9.17, 15) is 0 Å². The van der Waals surface area contributed by atoms with E-state index in [1.54, 1.807) is 0 Å². The molecule has 0 radical (unpaired) electrons. The van der Waals surface area contributed by atoms with Gasteiger partial charge in [-0.1, -0.05) is 12.5 Å². The molecule has 3 heteroatoms. The van der Waals surface area contributed by atoms with E-state index in [1.165, 1.54) is 24.8 Å². The number of hydrogen-bond acceptors (Lipinski definition) is 3. The molecule has 80 valence electrons. The minimum Gasteiger partial charge on any atom is -0.271 e. The highest BCUT2D eigenvalue weighted by Gasteiger charge is 2.55. The summed E-state index contributed by atoms with van der Waals surface area (Å²) in [6, 6.07) is 4.41. The molecule has 2 aliphatic carbocycles. The Morgan fingerprint density at radius 3 is 2.80 bits per heavy atom. The maximum atomic E-state index is 5.67. The van der Waals surface area contributed by atoms with Gasteiger partial charge >= 0.3 is 0 Å². The monoisotopic (exact) mass is 203 g/mol. The topological polar surface area (TPSA) is 50.9 Å². The second-order valence-corrected chi connectivity index (χ2v) is 4.77. The molecule has 1 aromatic heterocycles. The van der Waals surface area contributed by atoms with Crippen molar-refractivity contribution in [2.75, 3.05) is 0 Å². The van der Waals surface area contributed by atoms with E-state index < -0.39 is 0 Å². The van der Waals surface area contributed by atoms with Gasteiger partial charge in [0.05, 0.1) is 6.04 Å². The van der Waals surface area contributed by atoms with Crippen LogP contribution in [0.15, 0.2) is 24.5 Å². The number of nitrogens with one attached hydrogen (secondary N) is 1. The first-order chi connectivity index (χ1) is 7.42. The van der Waals surface area contributed by atoms with E-state index >= 15 is 0 Å². The van der Waals surface area contributed by atoms with Gasteiger partial charge in [-0.05, 0) is 42.2 Å². The van der Waals surface area contributed by atoms with Crippen molar-refractivity contribution in [2.45, 2.75) is 25.3 Å². The van der Waals surface area contributed by atoms with Crippen LogP contribution in [0.4, 0.5) is 0 Å². The number of rotatable bonds is 3. The van der Waals surface area contributed by atoms with Gasteiger partial charge in [0, 0.05) is 12.4 Å². The third kappa shape index (κ3) is 1.46. The lowest BCUT2D eigenvalue weighted by Crippen LogP contribution is -2.30. The highest BCUT2D eigenvalue weighted by molar-refractivity contribution is 5.20. The summed E-state index contributed by atoms with van der Waals surface area (Å²) in [6.07, 6.45) is 7.95. The van der Waals surface area contributed by atoms with Crippen molar-refractivity contribution in [3.8, 4) is 0 Å². The van der Waals surface area contributed by atoms with Gasteiger partial charge in [-0.2, -0.15) is 0 Å². The van der Waals surface area contributed by atoms with E-state index in [-0.39, 0.29) is 0 Å². The number of nitrogens with zero attached hydrogens (tertiary/aromatic N) is 1. The molecule has 3 nitrogen and oxygen atoms in total. The molecule has 3 atom stereocenters. The fraction of sp³-hybridized carbons (Fsp3) is 0.583. The zero-order valence-corrected chi connectivity index (χ0v) is 8.76. The summed E-state index contributed by atoms with van der Waals surface area (Å²) in [4.78, 5) is 4.16. The summed E-state index contributed by atoms with van der Waals surface area (Å²) in [5.74, 6) is 8.27. The maximum Gasteiger partial charge on any atom is 0.0508 e. The molecule has 0 aliphatic heterocycles. The van der Waals surface area contributed by atoms with Crippen LogP contribution < -0.4 is 11.3 Å². The Labute approximate surface area is 90.1 Å². The van der Waals surface area contributed by atoms with Crippen LogP contribution >= 0.6 is 0 Å². The van der Waals surface area contributed by atoms with Crippen LogP contribution in [0.3, 0.4) is 0 Å². The van der Waals surface area contributed by atoms with Crippen LogP contribution in [0.1, 0.15) is 30.9 Å². The lowest BCUT2D eigenvalue weighted by atomic mass is 9.99. The molecule has 0 spiro atoms. The highest BCUT2D eigenvalue weighted by Crippen LogP contribution is 2.61. The third-order valence-electron chi connectivity index (χ3n) is 4.08. The van der Waals surface area contributed by atoms with Crippen molar-refractivity contribution < 1.29 is 0 Å². The van der Waals surface area contributed by atoms with Crippen molar-refractivity contribution in [2.24, 2.45) is 23.6 Å². The average molecular weight is 203 g/mol. The van der Waals surface area contributed by atoms with Crippen LogP contribution in [-0.2, 0) is 0 Å². The lowest BCUT2D eigenvalue weighted by Gasteiger charge is -2.17. The van der Waals surface area contributed by atoms with Crippen molar-refractivity contribution in [3.05, 3.63) is 30.1 Å². The Morgan fingerprint density at radius 2 is 2.20 bits per heavy atom. The molecular weight excluding hydrogens is 186 g/mol. The molecule has 0 amide bonds. The number of pyridine rings is 1. The molecule has 1 heterocycles. The standard InChI is InChI=1S/C12H17N3/c13-15-12(8-3-2-6-14-7-8)11-9-4-1-5-10(9)11/h2-3,6-7,9-12,15H,1,4-5,13H2. The average Bonchev–Trinajstić information content (AvgIpc) is 2.76. The van der Waals surface area contributed by atoms with Crippen LogP contribution in [0.2, 0.25) is 0 Å². The van der Waals surface area contributed by atoms with E-state index in [0.29, 0.717) is 6.04 Å². The van der Waals surface area contributed by atoms with Crippen molar-refractivity contribution >= 4 is 0 Å². The number of hydrogen-bond donors (Lipinski definition) is 2. The fourth-order valence-electron chi connectivity index (χ4n) is 3.36. The molecule has 2 fully saturated rings. The summed E-state index contributed by atoms with van der Waals surface area (Å²) < 4.78 is 0.